The van der Waals surface area contributed by atoms with E-state index in [1.54, 1.807) is 12.3 Å². The second kappa shape index (κ2) is 7.48. The lowest BCUT2D eigenvalue weighted by Gasteiger charge is -2.01. The lowest BCUT2D eigenvalue weighted by atomic mass is 10.1. The summed E-state index contributed by atoms with van der Waals surface area (Å²) in [5.41, 5.74) is 6.56. The summed E-state index contributed by atoms with van der Waals surface area (Å²) in [5.74, 6) is -0.281. The number of benzene rings is 2. The Morgan fingerprint density at radius 1 is 1.22 bits per heavy atom. The number of nitrogens with zero attached hydrogens (tertiary/aromatic N) is 2. The Balaban J connectivity index is 1.72. The molecule has 116 valence electrons. The van der Waals surface area contributed by atoms with Crippen molar-refractivity contribution in [3.63, 3.8) is 0 Å². The van der Waals surface area contributed by atoms with Crippen LogP contribution in [0.15, 0.2) is 59.0 Å². The summed E-state index contributed by atoms with van der Waals surface area (Å²) in [6, 6.07) is 14.6. The quantitative estimate of drug-likeness (QED) is 0.365. The van der Waals surface area contributed by atoms with E-state index in [-0.39, 0.29) is 5.82 Å². The zero-order chi connectivity index (χ0) is 16.1. The Morgan fingerprint density at radius 3 is 2.83 bits per heavy atom. The molecule has 0 atom stereocenters. The smallest absolute Gasteiger partial charge is 0.203 e. The number of hydrazone groups is 1. The third-order valence-corrected chi connectivity index (χ3v) is 4.54. The molecule has 3 aromatic rings. The van der Waals surface area contributed by atoms with Crippen molar-refractivity contribution < 1.29 is 4.39 Å². The first-order valence-electron chi connectivity index (χ1n) is 6.90. The number of anilines is 1. The third kappa shape index (κ3) is 4.03. The van der Waals surface area contributed by atoms with Crippen molar-refractivity contribution in [1.29, 1.82) is 0 Å². The molecule has 3 rings (SSSR count). The molecule has 0 aliphatic carbocycles. The van der Waals surface area contributed by atoms with Gasteiger partial charge in [-0.05, 0) is 17.7 Å². The molecule has 1 heterocycles. The van der Waals surface area contributed by atoms with Crippen LogP contribution < -0.4 is 5.43 Å². The summed E-state index contributed by atoms with van der Waals surface area (Å²) < 4.78 is 13.3. The van der Waals surface area contributed by atoms with Crippen LogP contribution in [0.2, 0.25) is 0 Å². The van der Waals surface area contributed by atoms with E-state index in [1.807, 2.05) is 35.7 Å². The Kier molecular flexibility index (Phi) is 5.15. The fraction of sp³-hybridized carbons (Fsp3) is 0.0588. The largest absolute Gasteiger partial charge is 0.253 e. The van der Waals surface area contributed by atoms with Crippen LogP contribution in [0.25, 0.3) is 11.3 Å². The summed E-state index contributed by atoms with van der Waals surface area (Å²) in [4.78, 5) is 4.48. The van der Waals surface area contributed by atoms with E-state index in [4.69, 9.17) is 0 Å². The maximum absolute atomic E-state index is 13.3. The average Bonchev–Trinajstić information content (AvgIpc) is 3.05. The molecule has 1 N–H and O–H groups in total. The number of nitrogens with one attached hydrogen (secondary N) is 1. The minimum Gasteiger partial charge on any atom is -0.253 e. The fourth-order valence-corrected chi connectivity index (χ4v) is 3.21. The fourth-order valence-electron chi connectivity index (χ4n) is 2.03. The first kappa shape index (κ1) is 15.8. The minimum atomic E-state index is -0.281. The highest BCUT2D eigenvalue weighted by atomic mass is 79.9. The summed E-state index contributed by atoms with van der Waals surface area (Å²) >= 11 is 4.86. The average molecular weight is 390 g/mol. The monoisotopic (exact) mass is 389 g/mol. The van der Waals surface area contributed by atoms with Crippen LogP contribution in [0.4, 0.5) is 9.52 Å². The van der Waals surface area contributed by atoms with Crippen LogP contribution in [0.1, 0.15) is 11.1 Å². The highest BCUT2D eigenvalue weighted by molar-refractivity contribution is 9.08. The van der Waals surface area contributed by atoms with Gasteiger partial charge in [0.05, 0.1) is 11.9 Å². The summed E-state index contributed by atoms with van der Waals surface area (Å²) in [7, 11) is 0. The molecule has 0 aliphatic heterocycles. The number of hydrogen-bond acceptors (Lipinski definition) is 4. The molecule has 0 bridgehead atoms. The molecule has 2 aromatic carbocycles. The lowest BCUT2D eigenvalue weighted by molar-refractivity contribution is 0.627. The number of halogens is 2. The minimum absolute atomic E-state index is 0.281. The molecule has 0 unspecified atom stereocenters. The van der Waals surface area contributed by atoms with E-state index in [0.717, 1.165) is 22.4 Å². The van der Waals surface area contributed by atoms with Crippen molar-refractivity contribution in [3.05, 3.63) is 70.9 Å². The predicted molar refractivity (Wildman–Crippen MR) is 97.8 cm³/mol. The van der Waals surface area contributed by atoms with Gasteiger partial charge in [0.25, 0.3) is 0 Å². The number of thiazole rings is 1. The maximum Gasteiger partial charge on any atom is 0.203 e. The van der Waals surface area contributed by atoms with Crippen molar-refractivity contribution in [2.24, 2.45) is 5.10 Å². The van der Waals surface area contributed by atoms with Gasteiger partial charge in [-0.25, -0.2) is 9.37 Å². The van der Waals surface area contributed by atoms with Gasteiger partial charge in [-0.15, -0.1) is 11.3 Å². The van der Waals surface area contributed by atoms with Crippen LogP contribution >= 0.6 is 27.3 Å². The molecule has 6 heteroatoms. The van der Waals surface area contributed by atoms with Crippen molar-refractivity contribution in [3.8, 4) is 11.3 Å². The first-order chi connectivity index (χ1) is 11.3. The number of rotatable bonds is 5. The van der Waals surface area contributed by atoms with Crippen LogP contribution in [0.5, 0.6) is 0 Å². The highest BCUT2D eigenvalue weighted by Crippen LogP contribution is 2.24. The van der Waals surface area contributed by atoms with E-state index in [2.05, 4.69) is 31.4 Å². The van der Waals surface area contributed by atoms with Crippen molar-refractivity contribution in [2.75, 3.05) is 5.43 Å². The van der Waals surface area contributed by atoms with Crippen LogP contribution in [-0.4, -0.2) is 11.2 Å². The third-order valence-electron chi connectivity index (χ3n) is 3.19. The second-order valence-electron chi connectivity index (χ2n) is 4.75. The molecule has 23 heavy (non-hydrogen) atoms. The molecule has 0 spiro atoms. The summed E-state index contributed by atoms with van der Waals surface area (Å²) in [6.07, 6.45) is 1.60. The second-order valence-corrected chi connectivity index (χ2v) is 6.17. The van der Waals surface area contributed by atoms with Crippen LogP contribution in [0, 0.1) is 5.82 Å². The first-order valence-corrected chi connectivity index (χ1v) is 8.91. The Morgan fingerprint density at radius 2 is 2.04 bits per heavy atom. The number of aromatic nitrogens is 1. The molecule has 1 aromatic heterocycles. The molecule has 0 saturated heterocycles. The maximum atomic E-state index is 13.3. The van der Waals surface area contributed by atoms with Gasteiger partial charge in [0.1, 0.15) is 5.82 Å². The Hall–Kier alpha value is -2.05. The zero-order valence-electron chi connectivity index (χ0n) is 12.0. The van der Waals surface area contributed by atoms with E-state index < -0.39 is 0 Å². The molecule has 0 radical (unpaired) electrons. The highest BCUT2D eigenvalue weighted by Gasteiger charge is 2.04. The van der Waals surface area contributed by atoms with Gasteiger partial charge in [0.15, 0.2) is 0 Å². The molecule has 0 amide bonds. The van der Waals surface area contributed by atoms with Crippen molar-refractivity contribution in [1.82, 2.24) is 4.98 Å². The van der Waals surface area contributed by atoms with Crippen LogP contribution in [0.3, 0.4) is 0 Å². The van der Waals surface area contributed by atoms with Gasteiger partial charge in [0, 0.05) is 21.8 Å². The SMILES string of the molecule is Fc1ccc(CBr)c(C=NNc2nc(-c3ccccc3)cs2)c1. The number of hydrogen-bond donors (Lipinski definition) is 1. The number of alkyl halides is 1. The van der Waals surface area contributed by atoms with Gasteiger partial charge >= 0.3 is 0 Å². The molecule has 0 aliphatic rings. The van der Waals surface area contributed by atoms with Gasteiger partial charge < -0.3 is 0 Å². The molecule has 0 saturated carbocycles. The summed E-state index contributed by atoms with van der Waals surface area (Å²) in [6.45, 7) is 0. The Labute approximate surface area is 146 Å². The summed E-state index contributed by atoms with van der Waals surface area (Å²) in [5, 5.41) is 7.46. The normalized spacial score (nSPS) is 11.0. The van der Waals surface area contributed by atoms with E-state index >= 15 is 0 Å². The van der Waals surface area contributed by atoms with Crippen molar-refractivity contribution in [2.45, 2.75) is 5.33 Å². The van der Waals surface area contributed by atoms with E-state index in [9.17, 15) is 4.39 Å². The molecule has 0 fully saturated rings. The molecular weight excluding hydrogens is 377 g/mol. The van der Waals surface area contributed by atoms with Crippen LogP contribution in [-0.2, 0) is 5.33 Å². The van der Waals surface area contributed by atoms with E-state index in [0.29, 0.717) is 10.5 Å². The van der Waals surface area contributed by atoms with Gasteiger partial charge in [-0.1, -0.05) is 52.3 Å². The van der Waals surface area contributed by atoms with Gasteiger partial charge in [-0.2, -0.15) is 5.10 Å². The lowest BCUT2D eigenvalue weighted by Crippen LogP contribution is -1.95. The van der Waals surface area contributed by atoms with Crippen molar-refractivity contribution >= 4 is 38.6 Å². The molecule has 3 nitrogen and oxygen atoms in total. The topological polar surface area (TPSA) is 37.3 Å². The van der Waals surface area contributed by atoms with E-state index in [1.165, 1.54) is 23.5 Å². The standard InChI is InChI=1S/C17H13BrFN3S/c18-9-13-6-7-15(19)8-14(13)10-20-22-17-21-16(11-23-17)12-4-2-1-3-5-12/h1-8,10-11H,9H2,(H,21,22). The zero-order valence-corrected chi connectivity index (χ0v) is 14.4. The van der Waals surface area contributed by atoms with Gasteiger partial charge in [-0.3, -0.25) is 5.43 Å². The predicted octanol–water partition coefficient (Wildman–Crippen LogP) is 5.29. The van der Waals surface area contributed by atoms with Gasteiger partial charge in [0.2, 0.25) is 5.13 Å². The Bertz CT molecular complexity index is 818. The molecular formula is C17H13BrFN3S.